The van der Waals surface area contributed by atoms with Crippen molar-refractivity contribution >= 4 is 5.82 Å². The highest BCUT2D eigenvalue weighted by Gasteiger charge is 2.26. The summed E-state index contributed by atoms with van der Waals surface area (Å²) in [5.41, 5.74) is 0.985. The summed E-state index contributed by atoms with van der Waals surface area (Å²) in [5, 5.41) is 12.3. The summed E-state index contributed by atoms with van der Waals surface area (Å²) in [4.78, 5) is 4.65. The highest BCUT2D eigenvalue weighted by molar-refractivity contribution is 5.39. The van der Waals surface area contributed by atoms with Crippen molar-refractivity contribution in [2.24, 2.45) is 0 Å². The lowest BCUT2D eigenvalue weighted by molar-refractivity contribution is 0.289. The van der Waals surface area contributed by atoms with Crippen LogP contribution >= 0.6 is 0 Å². The molecule has 1 aliphatic heterocycles. The van der Waals surface area contributed by atoms with E-state index in [1.807, 2.05) is 25.1 Å². The molecule has 2 aromatic heterocycles. The second-order valence-electron chi connectivity index (χ2n) is 5.70. The Labute approximate surface area is 124 Å². The van der Waals surface area contributed by atoms with Crippen LogP contribution in [0.25, 0.3) is 0 Å². The molecule has 2 aromatic rings. The molecule has 0 unspecified atom stereocenters. The number of aryl methyl sites for hydroxylation is 1. The zero-order valence-electron chi connectivity index (χ0n) is 12.6. The molecule has 1 fully saturated rings. The predicted octanol–water partition coefficient (Wildman–Crippen LogP) is 1.87. The van der Waals surface area contributed by atoms with Gasteiger partial charge in [0.15, 0.2) is 5.82 Å². The van der Waals surface area contributed by atoms with Crippen molar-refractivity contribution in [2.45, 2.75) is 32.4 Å². The standard InChI is InChI=1S/C15H21N5O/c1-12-9-13(18-21-12)10-19(2)11-14-5-4-8-20(14)15-6-3-7-16-17-15/h3,6-7,9,14H,4-5,8,10-11H2,1-2H3/t14-/m1/s1. The van der Waals surface area contributed by atoms with Crippen molar-refractivity contribution in [3.05, 3.63) is 35.9 Å². The lowest BCUT2D eigenvalue weighted by Crippen LogP contribution is -2.39. The maximum absolute atomic E-state index is 5.12. The van der Waals surface area contributed by atoms with Gasteiger partial charge in [-0.2, -0.15) is 5.10 Å². The van der Waals surface area contributed by atoms with Gasteiger partial charge in [-0.05, 0) is 38.9 Å². The second-order valence-corrected chi connectivity index (χ2v) is 5.70. The van der Waals surface area contributed by atoms with Crippen LogP contribution in [0.1, 0.15) is 24.3 Å². The molecular weight excluding hydrogens is 266 g/mol. The fourth-order valence-electron chi connectivity index (χ4n) is 2.97. The Morgan fingerprint density at radius 2 is 2.38 bits per heavy atom. The first-order chi connectivity index (χ1) is 10.2. The van der Waals surface area contributed by atoms with Crippen molar-refractivity contribution in [3.8, 4) is 0 Å². The van der Waals surface area contributed by atoms with Crippen molar-refractivity contribution in [1.82, 2.24) is 20.3 Å². The van der Waals surface area contributed by atoms with E-state index in [2.05, 4.69) is 32.2 Å². The minimum absolute atomic E-state index is 0.486. The number of hydrogen-bond donors (Lipinski definition) is 0. The fraction of sp³-hybridized carbons (Fsp3) is 0.533. The normalized spacial score (nSPS) is 18.6. The van der Waals surface area contributed by atoms with Crippen LogP contribution < -0.4 is 4.90 Å². The van der Waals surface area contributed by atoms with Crippen LogP contribution in [-0.2, 0) is 6.54 Å². The minimum atomic E-state index is 0.486. The molecule has 112 valence electrons. The van der Waals surface area contributed by atoms with E-state index in [1.165, 1.54) is 12.8 Å². The van der Waals surface area contributed by atoms with E-state index in [4.69, 9.17) is 4.52 Å². The third-order valence-electron chi connectivity index (χ3n) is 3.86. The van der Waals surface area contributed by atoms with Gasteiger partial charge in [0.2, 0.25) is 0 Å². The summed E-state index contributed by atoms with van der Waals surface area (Å²) in [6.45, 7) is 4.77. The van der Waals surface area contributed by atoms with Crippen molar-refractivity contribution < 1.29 is 4.52 Å². The quantitative estimate of drug-likeness (QED) is 0.837. The lowest BCUT2D eigenvalue weighted by atomic mass is 10.2. The highest BCUT2D eigenvalue weighted by atomic mass is 16.5. The highest BCUT2D eigenvalue weighted by Crippen LogP contribution is 2.23. The van der Waals surface area contributed by atoms with Gasteiger partial charge < -0.3 is 9.42 Å². The van der Waals surface area contributed by atoms with Gasteiger partial charge in [-0.1, -0.05) is 5.16 Å². The van der Waals surface area contributed by atoms with E-state index in [0.29, 0.717) is 6.04 Å². The molecule has 3 heterocycles. The lowest BCUT2D eigenvalue weighted by Gasteiger charge is -2.28. The molecule has 0 N–H and O–H groups in total. The largest absolute Gasteiger partial charge is 0.361 e. The predicted molar refractivity (Wildman–Crippen MR) is 80.0 cm³/mol. The number of aromatic nitrogens is 3. The summed E-state index contributed by atoms with van der Waals surface area (Å²) >= 11 is 0. The molecule has 0 radical (unpaired) electrons. The van der Waals surface area contributed by atoms with Crippen LogP contribution in [0, 0.1) is 6.92 Å². The number of anilines is 1. The van der Waals surface area contributed by atoms with Gasteiger partial charge in [-0.15, -0.1) is 5.10 Å². The van der Waals surface area contributed by atoms with E-state index in [-0.39, 0.29) is 0 Å². The van der Waals surface area contributed by atoms with Gasteiger partial charge in [0.1, 0.15) is 5.76 Å². The van der Waals surface area contributed by atoms with Gasteiger partial charge in [0, 0.05) is 37.9 Å². The molecule has 0 bridgehead atoms. The molecule has 21 heavy (non-hydrogen) atoms. The number of rotatable bonds is 5. The monoisotopic (exact) mass is 287 g/mol. The van der Waals surface area contributed by atoms with E-state index in [1.54, 1.807) is 6.20 Å². The Morgan fingerprint density at radius 3 is 3.10 bits per heavy atom. The Bertz CT molecular complexity index is 570. The molecule has 1 saturated heterocycles. The van der Waals surface area contributed by atoms with Crippen molar-refractivity contribution in [3.63, 3.8) is 0 Å². The fourth-order valence-corrected chi connectivity index (χ4v) is 2.97. The maximum atomic E-state index is 5.12. The summed E-state index contributed by atoms with van der Waals surface area (Å²) in [6.07, 6.45) is 4.12. The second kappa shape index (κ2) is 6.22. The van der Waals surface area contributed by atoms with Crippen LogP contribution in [0.4, 0.5) is 5.82 Å². The van der Waals surface area contributed by atoms with Crippen LogP contribution in [-0.4, -0.2) is 46.4 Å². The first-order valence-corrected chi connectivity index (χ1v) is 7.37. The van der Waals surface area contributed by atoms with Crippen LogP contribution in [0.2, 0.25) is 0 Å². The van der Waals surface area contributed by atoms with Crippen LogP contribution in [0.5, 0.6) is 0 Å². The molecule has 0 aromatic carbocycles. The average molecular weight is 287 g/mol. The SMILES string of the molecule is Cc1cc(CN(C)C[C@H]2CCCN2c2cccnn2)no1. The van der Waals surface area contributed by atoms with Gasteiger partial charge in [-0.3, -0.25) is 4.90 Å². The smallest absolute Gasteiger partial charge is 0.151 e. The molecule has 0 spiro atoms. The van der Waals surface area contributed by atoms with Gasteiger partial charge >= 0.3 is 0 Å². The molecule has 1 atom stereocenters. The molecule has 6 heteroatoms. The van der Waals surface area contributed by atoms with Gasteiger partial charge in [-0.25, -0.2) is 0 Å². The Morgan fingerprint density at radius 1 is 1.48 bits per heavy atom. The average Bonchev–Trinajstić information content (AvgIpc) is 3.09. The first kappa shape index (κ1) is 14.0. The molecule has 0 amide bonds. The zero-order valence-corrected chi connectivity index (χ0v) is 12.6. The minimum Gasteiger partial charge on any atom is -0.361 e. The molecule has 3 rings (SSSR count). The van der Waals surface area contributed by atoms with E-state index < -0.39 is 0 Å². The Hall–Kier alpha value is -1.95. The van der Waals surface area contributed by atoms with Crippen LogP contribution in [0.3, 0.4) is 0 Å². The molecule has 6 nitrogen and oxygen atoms in total. The Balaban J connectivity index is 1.61. The first-order valence-electron chi connectivity index (χ1n) is 7.37. The summed E-state index contributed by atoms with van der Waals surface area (Å²) in [6, 6.07) is 6.46. The number of likely N-dealkylation sites (N-methyl/N-ethyl adjacent to an activating group) is 1. The maximum Gasteiger partial charge on any atom is 0.151 e. The van der Waals surface area contributed by atoms with Crippen molar-refractivity contribution in [1.29, 1.82) is 0 Å². The summed E-state index contributed by atoms with van der Waals surface area (Å²) in [7, 11) is 2.12. The third-order valence-corrected chi connectivity index (χ3v) is 3.86. The van der Waals surface area contributed by atoms with E-state index in [0.717, 1.165) is 36.9 Å². The third kappa shape index (κ3) is 3.39. The molecule has 1 aliphatic rings. The number of hydrogen-bond acceptors (Lipinski definition) is 6. The summed E-state index contributed by atoms with van der Waals surface area (Å²) < 4.78 is 5.12. The Kier molecular flexibility index (Phi) is 4.15. The zero-order chi connectivity index (χ0) is 14.7. The van der Waals surface area contributed by atoms with Gasteiger partial charge in [0.05, 0.1) is 5.69 Å². The number of nitrogens with zero attached hydrogens (tertiary/aromatic N) is 5. The van der Waals surface area contributed by atoms with Gasteiger partial charge in [0.25, 0.3) is 0 Å². The van der Waals surface area contributed by atoms with Crippen molar-refractivity contribution in [2.75, 3.05) is 25.0 Å². The topological polar surface area (TPSA) is 58.3 Å². The van der Waals surface area contributed by atoms with Crippen LogP contribution in [0.15, 0.2) is 28.9 Å². The van der Waals surface area contributed by atoms with E-state index in [9.17, 15) is 0 Å². The summed E-state index contributed by atoms with van der Waals surface area (Å²) in [5.74, 6) is 1.84. The molecule has 0 aliphatic carbocycles. The molecular formula is C15H21N5O. The molecule has 0 saturated carbocycles. The van der Waals surface area contributed by atoms with E-state index >= 15 is 0 Å².